The minimum atomic E-state index is 0.106. The molecule has 21 heavy (non-hydrogen) atoms. The molecule has 2 aliphatic heterocycles. The van der Waals surface area contributed by atoms with Crippen LogP contribution < -0.4 is 5.32 Å². The Hall–Kier alpha value is -0.950. The van der Waals surface area contributed by atoms with Crippen LogP contribution in [-0.2, 0) is 27.2 Å². The number of nitrogens with one attached hydrogen (secondary N) is 1. The molecule has 0 aliphatic carbocycles. The molecule has 3 heterocycles. The lowest BCUT2D eigenvalue weighted by Gasteiger charge is -2.32. The van der Waals surface area contributed by atoms with Crippen molar-refractivity contribution in [1.82, 2.24) is 10.2 Å². The highest BCUT2D eigenvalue weighted by atomic mass is 32.1. The number of methoxy groups -OCH3 is 1. The second kappa shape index (κ2) is 6.87. The van der Waals surface area contributed by atoms with Gasteiger partial charge >= 0.3 is 0 Å². The van der Waals surface area contributed by atoms with E-state index in [0.29, 0.717) is 13.2 Å². The molecule has 1 amide bonds. The molecular weight excluding hydrogens is 288 g/mol. The fourth-order valence-corrected chi connectivity index (χ4v) is 3.87. The van der Waals surface area contributed by atoms with E-state index < -0.39 is 0 Å². The quantitative estimate of drug-likeness (QED) is 0.902. The first-order chi connectivity index (χ1) is 10.3. The van der Waals surface area contributed by atoms with Crippen LogP contribution in [0.3, 0.4) is 0 Å². The molecule has 0 spiro atoms. The molecule has 1 aromatic heterocycles. The molecule has 1 fully saturated rings. The van der Waals surface area contributed by atoms with Crippen LogP contribution in [0.4, 0.5) is 0 Å². The van der Waals surface area contributed by atoms with Gasteiger partial charge in [0.15, 0.2) is 0 Å². The van der Waals surface area contributed by atoms with Gasteiger partial charge < -0.3 is 19.7 Å². The minimum Gasteiger partial charge on any atom is -0.380 e. The van der Waals surface area contributed by atoms with Gasteiger partial charge in [0.2, 0.25) is 5.91 Å². The van der Waals surface area contributed by atoms with Gasteiger partial charge in [-0.2, -0.15) is 0 Å². The molecule has 3 rings (SSSR count). The molecule has 5 nitrogen and oxygen atoms in total. The van der Waals surface area contributed by atoms with Crippen molar-refractivity contribution in [2.45, 2.75) is 31.5 Å². The largest absolute Gasteiger partial charge is 0.380 e. The van der Waals surface area contributed by atoms with Gasteiger partial charge in [-0.25, -0.2) is 0 Å². The summed E-state index contributed by atoms with van der Waals surface area (Å²) < 4.78 is 10.9. The maximum atomic E-state index is 12.4. The predicted molar refractivity (Wildman–Crippen MR) is 81.5 cm³/mol. The lowest BCUT2D eigenvalue weighted by Crippen LogP contribution is -2.51. The van der Waals surface area contributed by atoms with E-state index in [2.05, 4.69) is 16.8 Å². The highest BCUT2D eigenvalue weighted by Crippen LogP contribution is 2.23. The van der Waals surface area contributed by atoms with Gasteiger partial charge in [0.05, 0.1) is 25.3 Å². The second-order valence-corrected chi connectivity index (χ2v) is 6.56. The summed E-state index contributed by atoms with van der Waals surface area (Å²) in [7, 11) is 1.72. The maximum Gasteiger partial charge on any atom is 0.236 e. The Kier molecular flexibility index (Phi) is 4.90. The van der Waals surface area contributed by atoms with E-state index in [0.717, 1.165) is 32.5 Å². The number of fused-ring (bicyclic) bond motifs is 1. The van der Waals surface area contributed by atoms with Gasteiger partial charge in [0.25, 0.3) is 0 Å². The maximum absolute atomic E-state index is 12.4. The molecule has 1 aromatic rings. The van der Waals surface area contributed by atoms with Crippen molar-refractivity contribution < 1.29 is 14.3 Å². The van der Waals surface area contributed by atoms with Gasteiger partial charge in [0.1, 0.15) is 0 Å². The van der Waals surface area contributed by atoms with Crippen LogP contribution in [0.1, 0.15) is 16.9 Å². The SMILES string of the molecule is CO[C@@H]1CCOC[C@H]1NCC(=O)N1CCc2sccc2C1. The Bertz CT molecular complexity index is 491. The van der Waals surface area contributed by atoms with Gasteiger partial charge in [-0.1, -0.05) is 0 Å². The van der Waals surface area contributed by atoms with E-state index in [1.54, 1.807) is 18.4 Å². The topological polar surface area (TPSA) is 50.8 Å². The van der Waals surface area contributed by atoms with Crippen molar-refractivity contribution in [1.29, 1.82) is 0 Å². The molecule has 0 unspecified atom stereocenters. The minimum absolute atomic E-state index is 0.106. The average molecular weight is 310 g/mol. The Labute approximate surface area is 129 Å². The lowest BCUT2D eigenvalue weighted by atomic mass is 10.1. The van der Waals surface area contributed by atoms with Gasteiger partial charge in [0, 0.05) is 31.7 Å². The number of amides is 1. The van der Waals surface area contributed by atoms with E-state index in [4.69, 9.17) is 9.47 Å². The monoisotopic (exact) mass is 310 g/mol. The Morgan fingerprint density at radius 2 is 2.52 bits per heavy atom. The average Bonchev–Trinajstić information content (AvgIpc) is 3.00. The molecule has 0 bridgehead atoms. The summed E-state index contributed by atoms with van der Waals surface area (Å²) in [5.41, 5.74) is 1.30. The number of ether oxygens (including phenoxy) is 2. The molecule has 1 N–H and O–H groups in total. The third-order valence-electron chi connectivity index (χ3n) is 4.27. The zero-order chi connectivity index (χ0) is 14.7. The summed E-state index contributed by atoms with van der Waals surface area (Å²) in [5.74, 6) is 0.160. The summed E-state index contributed by atoms with van der Waals surface area (Å²) in [6.45, 7) is 3.27. The van der Waals surface area contributed by atoms with Crippen molar-refractivity contribution in [3.05, 3.63) is 21.9 Å². The standard InChI is InChI=1S/C15H22N2O3S/c1-19-13-3-6-20-10-12(13)16-8-15(18)17-5-2-14-11(9-17)4-7-21-14/h4,7,12-13,16H,2-3,5-6,8-10H2,1H3/t12-,13-/m1/s1. The fraction of sp³-hybridized carbons (Fsp3) is 0.667. The van der Waals surface area contributed by atoms with Crippen LogP contribution in [0, 0.1) is 0 Å². The van der Waals surface area contributed by atoms with Crippen molar-refractivity contribution in [2.24, 2.45) is 0 Å². The summed E-state index contributed by atoms with van der Waals surface area (Å²) in [6.07, 6.45) is 1.99. The zero-order valence-corrected chi connectivity index (χ0v) is 13.2. The third-order valence-corrected chi connectivity index (χ3v) is 5.29. The molecule has 116 valence electrons. The molecular formula is C15H22N2O3S. The molecule has 0 aromatic carbocycles. The molecule has 0 saturated carbocycles. The van der Waals surface area contributed by atoms with Crippen molar-refractivity contribution in [3.8, 4) is 0 Å². The van der Waals surface area contributed by atoms with Crippen LogP contribution in [0.2, 0.25) is 0 Å². The van der Waals surface area contributed by atoms with Crippen LogP contribution >= 0.6 is 11.3 Å². The first kappa shape index (κ1) is 15.0. The Morgan fingerprint density at radius 3 is 3.38 bits per heavy atom. The second-order valence-electron chi connectivity index (χ2n) is 5.56. The van der Waals surface area contributed by atoms with Crippen LogP contribution in [-0.4, -0.2) is 56.4 Å². The van der Waals surface area contributed by atoms with Crippen LogP contribution in [0.15, 0.2) is 11.4 Å². The smallest absolute Gasteiger partial charge is 0.236 e. The number of thiophene rings is 1. The fourth-order valence-electron chi connectivity index (χ4n) is 2.98. The van der Waals surface area contributed by atoms with E-state index in [1.807, 2.05) is 4.90 Å². The van der Waals surface area contributed by atoms with Crippen molar-refractivity contribution in [3.63, 3.8) is 0 Å². The Morgan fingerprint density at radius 1 is 1.62 bits per heavy atom. The van der Waals surface area contributed by atoms with E-state index in [-0.39, 0.29) is 18.1 Å². The first-order valence-electron chi connectivity index (χ1n) is 7.45. The zero-order valence-electron chi connectivity index (χ0n) is 12.3. The van der Waals surface area contributed by atoms with Crippen LogP contribution in [0.25, 0.3) is 0 Å². The highest BCUT2D eigenvalue weighted by Gasteiger charge is 2.27. The van der Waals surface area contributed by atoms with E-state index >= 15 is 0 Å². The number of carbonyl (C=O) groups excluding carboxylic acids is 1. The van der Waals surface area contributed by atoms with Gasteiger partial charge in [-0.15, -0.1) is 11.3 Å². The number of nitrogens with zero attached hydrogens (tertiary/aromatic N) is 1. The lowest BCUT2D eigenvalue weighted by molar-refractivity contribution is -0.131. The number of hydrogen-bond donors (Lipinski definition) is 1. The molecule has 2 atom stereocenters. The van der Waals surface area contributed by atoms with E-state index in [1.165, 1.54) is 10.4 Å². The molecule has 1 saturated heterocycles. The summed E-state index contributed by atoms with van der Waals surface area (Å²) in [6, 6.07) is 2.23. The summed E-state index contributed by atoms with van der Waals surface area (Å²) >= 11 is 1.79. The van der Waals surface area contributed by atoms with Gasteiger partial charge in [-0.3, -0.25) is 4.79 Å². The number of hydrogen-bond acceptors (Lipinski definition) is 5. The van der Waals surface area contributed by atoms with Gasteiger partial charge in [-0.05, 0) is 29.9 Å². The highest BCUT2D eigenvalue weighted by molar-refractivity contribution is 7.10. The van der Waals surface area contributed by atoms with Crippen molar-refractivity contribution >= 4 is 17.2 Å². The summed E-state index contributed by atoms with van der Waals surface area (Å²) in [4.78, 5) is 15.7. The van der Waals surface area contributed by atoms with Crippen LogP contribution in [0.5, 0.6) is 0 Å². The Balaban J connectivity index is 1.50. The van der Waals surface area contributed by atoms with Crippen molar-refractivity contribution in [2.75, 3.05) is 33.4 Å². The predicted octanol–water partition coefficient (Wildman–Crippen LogP) is 1.03. The molecule has 0 radical (unpaired) electrons. The third kappa shape index (κ3) is 3.45. The number of carbonyl (C=O) groups is 1. The summed E-state index contributed by atoms with van der Waals surface area (Å²) in [5, 5.41) is 5.41. The van der Waals surface area contributed by atoms with E-state index in [9.17, 15) is 4.79 Å². The normalized spacial score (nSPS) is 25.7. The number of rotatable bonds is 4. The molecule has 6 heteroatoms. The first-order valence-corrected chi connectivity index (χ1v) is 8.33. The molecule has 2 aliphatic rings.